The molecule has 19 heavy (non-hydrogen) atoms. The molecular weight excluding hydrogens is 234 g/mol. The summed E-state index contributed by atoms with van der Waals surface area (Å²) in [4.78, 5) is 0. The summed E-state index contributed by atoms with van der Waals surface area (Å²) in [6, 6.07) is 12.3. The molecule has 0 aliphatic heterocycles. The Morgan fingerprint density at radius 1 is 1.26 bits per heavy atom. The fourth-order valence-corrected chi connectivity index (χ4v) is 2.06. The monoisotopic (exact) mass is 255 g/mol. The molecule has 0 spiro atoms. The molecular formula is C17H21NO. The molecule has 100 valence electrons. The fourth-order valence-electron chi connectivity index (χ4n) is 2.06. The number of hydrogen-bond acceptors (Lipinski definition) is 2. The van der Waals surface area contributed by atoms with E-state index in [2.05, 4.69) is 37.8 Å². The zero-order valence-electron chi connectivity index (χ0n) is 11.6. The van der Waals surface area contributed by atoms with E-state index in [1.807, 2.05) is 19.1 Å². The average Bonchev–Trinajstić information content (AvgIpc) is 2.43. The second-order valence-corrected chi connectivity index (χ2v) is 4.89. The van der Waals surface area contributed by atoms with Crippen molar-refractivity contribution in [1.82, 2.24) is 0 Å². The molecule has 1 atom stereocenters. The van der Waals surface area contributed by atoms with Gasteiger partial charge in [0.2, 0.25) is 0 Å². The zero-order chi connectivity index (χ0) is 13.8. The van der Waals surface area contributed by atoms with Gasteiger partial charge < -0.3 is 10.5 Å². The van der Waals surface area contributed by atoms with Crippen molar-refractivity contribution >= 4 is 10.8 Å². The Morgan fingerprint density at radius 3 is 2.68 bits per heavy atom. The summed E-state index contributed by atoms with van der Waals surface area (Å²) in [7, 11) is 0. The molecule has 0 saturated carbocycles. The third-order valence-electron chi connectivity index (χ3n) is 3.32. The highest BCUT2D eigenvalue weighted by molar-refractivity contribution is 5.89. The van der Waals surface area contributed by atoms with Crippen LogP contribution in [0.4, 0.5) is 0 Å². The molecule has 0 radical (unpaired) electrons. The number of fused-ring (bicyclic) bond motifs is 1. The fraction of sp³-hybridized carbons (Fsp3) is 0.294. The molecule has 0 heterocycles. The molecule has 0 aliphatic carbocycles. The summed E-state index contributed by atoms with van der Waals surface area (Å²) in [5.74, 6) is 0.891. The predicted molar refractivity (Wildman–Crippen MR) is 81.5 cm³/mol. The van der Waals surface area contributed by atoms with Gasteiger partial charge in [-0.1, -0.05) is 49.9 Å². The van der Waals surface area contributed by atoms with E-state index in [1.165, 1.54) is 5.39 Å². The number of nitrogens with two attached hydrogens (primary N) is 1. The summed E-state index contributed by atoms with van der Waals surface area (Å²) in [5.41, 5.74) is 8.17. The van der Waals surface area contributed by atoms with E-state index in [0.29, 0.717) is 6.61 Å². The van der Waals surface area contributed by atoms with Crippen LogP contribution >= 0.6 is 0 Å². The second kappa shape index (κ2) is 5.89. The van der Waals surface area contributed by atoms with Crippen molar-refractivity contribution in [3.05, 3.63) is 54.1 Å². The molecule has 0 bridgehead atoms. The molecule has 0 fully saturated rings. The van der Waals surface area contributed by atoms with Crippen molar-refractivity contribution in [1.29, 1.82) is 0 Å². The first-order valence-corrected chi connectivity index (χ1v) is 6.70. The number of rotatable bonds is 5. The van der Waals surface area contributed by atoms with Crippen molar-refractivity contribution in [2.45, 2.75) is 26.3 Å². The first-order chi connectivity index (χ1) is 9.13. The Labute approximate surface area is 114 Å². The lowest BCUT2D eigenvalue weighted by atomic mass is 10.0. The Hall–Kier alpha value is -1.80. The molecule has 0 amide bonds. The van der Waals surface area contributed by atoms with E-state index in [0.717, 1.165) is 28.7 Å². The van der Waals surface area contributed by atoms with E-state index in [4.69, 9.17) is 10.5 Å². The van der Waals surface area contributed by atoms with Gasteiger partial charge in [0.25, 0.3) is 0 Å². The third-order valence-corrected chi connectivity index (χ3v) is 3.32. The van der Waals surface area contributed by atoms with Gasteiger partial charge >= 0.3 is 0 Å². The molecule has 2 N–H and O–H groups in total. The molecule has 2 aromatic carbocycles. The quantitative estimate of drug-likeness (QED) is 0.812. The van der Waals surface area contributed by atoms with Gasteiger partial charge in [-0.25, -0.2) is 0 Å². The molecule has 2 nitrogen and oxygen atoms in total. The maximum atomic E-state index is 6.04. The lowest BCUT2D eigenvalue weighted by molar-refractivity contribution is 0.348. The van der Waals surface area contributed by atoms with E-state index >= 15 is 0 Å². The highest BCUT2D eigenvalue weighted by Gasteiger charge is 2.12. The van der Waals surface area contributed by atoms with Crippen LogP contribution in [0.25, 0.3) is 10.8 Å². The Kier molecular flexibility index (Phi) is 4.23. The van der Waals surface area contributed by atoms with Gasteiger partial charge in [0.05, 0.1) is 0 Å². The summed E-state index contributed by atoms with van der Waals surface area (Å²) < 4.78 is 5.98. The Morgan fingerprint density at radius 2 is 2.00 bits per heavy atom. The number of ether oxygens (including phenoxy) is 1. The third kappa shape index (κ3) is 2.96. The van der Waals surface area contributed by atoms with E-state index in [-0.39, 0.29) is 6.04 Å². The highest BCUT2D eigenvalue weighted by Crippen LogP contribution is 2.33. The topological polar surface area (TPSA) is 35.2 Å². The van der Waals surface area contributed by atoms with Crippen LogP contribution in [0.1, 0.15) is 31.9 Å². The average molecular weight is 255 g/mol. The standard InChI is InChI=1S/C17H21NO/c1-4-12(2)11-19-17-15(13(3)18)10-9-14-7-5-6-8-16(14)17/h5-10,13H,2,4,11,18H2,1,3H3/t13-/m1/s1. The van der Waals surface area contributed by atoms with Gasteiger partial charge in [0.1, 0.15) is 12.4 Å². The lowest BCUT2D eigenvalue weighted by Gasteiger charge is -2.17. The summed E-state index contributed by atoms with van der Waals surface area (Å²) in [6.45, 7) is 8.59. The Balaban J connectivity index is 2.46. The number of benzene rings is 2. The van der Waals surface area contributed by atoms with Crippen LogP contribution in [-0.4, -0.2) is 6.61 Å². The maximum absolute atomic E-state index is 6.04. The molecule has 0 aromatic heterocycles. The molecule has 0 unspecified atom stereocenters. The van der Waals surface area contributed by atoms with E-state index in [9.17, 15) is 0 Å². The molecule has 2 rings (SSSR count). The van der Waals surface area contributed by atoms with Gasteiger partial charge in [0.15, 0.2) is 0 Å². The van der Waals surface area contributed by atoms with E-state index in [1.54, 1.807) is 0 Å². The SMILES string of the molecule is C=C(CC)COc1c([C@@H](C)N)ccc2ccccc12. The van der Waals surface area contributed by atoms with E-state index < -0.39 is 0 Å². The number of hydrogen-bond donors (Lipinski definition) is 1. The first-order valence-electron chi connectivity index (χ1n) is 6.70. The lowest BCUT2D eigenvalue weighted by Crippen LogP contribution is -2.09. The second-order valence-electron chi connectivity index (χ2n) is 4.89. The first kappa shape index (κ1) is 13.6. The van der Waals surface area contributed by atoms with Crippen LogP contribution in [0.2, 0.25) is 0 Å². The molecule has 2 aromatic rings. The van der Waals surface area contributed by atoms with Crippen LogP contribution in [0.15, 0.2) is 48.6 Å². The minimum atomic E-state index is -0.0468. The van der Waals surface area contributed by atoms with Crippen LogP contribution in [-0.2, 0) is 0 Å². The van der Waals surface area contributed by atoms with Crippen LogP contribution in [0.3, 0.4) is 0 Å². The van der Waals surface area contributed by atoms with Crippen LogP contribution < -0.4 is 10.5 Å². The minimum Gasteiger partial charge on any atom is -0.488 e. The highest BCUT2D eigenvalue weighted by atomic mass is 16.5. The van der Waals surface area contributed by atoms with Crippen LogP contribution in [0.5, 0.6) is 5.75 Å². The molecule has 0 aliphatic rings. The van der Waals surface area contributed by atoms with Gasteiger partial charge in [-0.3, -0.25) is 0 Å². The van der Waals surface area contributed by atoms with Crippen LogP contribution in [0, 0.1) is 0 Å². The Bertz CT molecular complexity index is 587. The maximum Gasteiger partial charge on any atom is 0.132 e. The normalized spacial score (nSPS) is 12.4. The van der Waals surface area contributed by atoms with Crippen molar-refractivity contribution in [3.63, 3.8) is 0 Å². The van der Waals surface area contributed by atoms with Gasteiger partial charge in [-0.2, -0.15) is 0 Å². The zero-order valence-corrected chi connectivity index (χ0v) is 11.6. The molecule has 2 heteroatoms. The van der Waals surface area contributed by atoms with Gasteiger partial charge in [0, 0.05) is 17.0 Å². The predicted octanol–water partition coefficient (Wildman–Crippen LogP) is 4.20. The van der Waals surface area contributed by atoms with Crippen molar-refractivity contribution in [2.24, 2.45) is 5.73 Å². The van der Waals surface area contributed by atoms with Crippen molar-refractivity contribution in [3.8, 4) is 5.75 Å². The summed E-state index contributed by atoms with van der Waals surface area (Å²) in [6.07, 6.45) is 0.929. The van der Waals surface area contributed by atoms with Gasteiger partial charge in [-0.15, -0.1) is 0 Å². The summed E-state index contributed by atoms with van der Waals surface area (Å²) in [5, 5.41) is 2.28. The molecule has 0 saturated heterocycles. The van der Waals surface area contributed by atoms with Crippen molar-refractivity contribution in [2.75, 3.05) is 6.61 Å². The summed E-state index contributed by atoms with van der Waals surface area (Å²) >= 11 is 0. The minimum absolute atomic E-state index is 0.0468. The largest absolute Gasteiger partial charge is 0.488 e. The van der Waals surface area contributed by atoms with Crippen molar-refractivity contribution < 1.29 is 4.74 Å². The smallest absolute Gasteiger partial charge is 0.132 e. The van der Waals surface area contributed by atoms with Gasteiger partial charge in [-0.05, 0) is 24.3 Å².